The average Bonchev–Trinajstić information content (AvgIpc) is 3.25. The number of rotatable bonds is 6. The van der Waals surface area contributed by atoms with E-state index >= 15 is 0 Å². The van der Waals surface area contributed by atoms with Gasteiger partial charge in [-0.1, -0.05) is 42.1 Å². The first-order chi connectivity index (χ1) is 11.2. The first-order valence-electron chi connectivity index (χ1n) is 7.20. The lowest BCUT2D eigenvalue weighted by Gasteiger charge is -2.09. The second kappa shape index (κ2) is 7.48. The molecule has 0 aliphatic rings. The van der Waals surface area contributed by atoms with Crippen molar-refractivity contribution in [1.82, 2.24) is 10.3 Å². The molecule has 6 heteroatoms. The Morgan fingerprint density at radius 2 is 2.13 bits per heavy atom. The van der Waals surface area contributed by atoms with E-state index in [-0.39, 0.29) is 11.2 Å². The molecular formula is C17H16N2O2S2. The Balaban J connectivity index is 1.56. The molecule has 0 saturated heterocycles. The van der Waals surface area contributed by atoms with Gasteiger partial charge in [-0.3, -0.25) is 4.79 Å². The zero-order valence-corrected chi connectivity index (χ0v) is 14.2. The molecule has 1 atom stereocenters. The van der Waals surface area contributed by atoms with Crippen molar-refractivity contribution in [2.45, 2.75) is 23.1 Å². The number of carbonyl (C=O) groups is 1. The van der Waals surface area contributed by atoms with E-state index in [1.54, 1.807) is 23.7 Å². The fourth-order valence-corrected chi connectivity index (χ4v) is 3.98. The van der Waals surface area contributed by atoms with Crippen LogP contribution in [0.3, 0.4) is 0 Å². The van der Waals surface area contributed by atoms with Gasteiger partial charge in [-0.25, -0.2) is 4.98 Å². The number of thiazole rings is 1. The molecule has 1 N–H and O–H groups in total. The number of hydrogen-bond donors (Lipinski definition) is 1. The van der Waals surface area contributed by atoms with Crippen LogP contribution in [-0.4, -0.2) is 16.1 Å². The molecular weight excluding hydrogens is 328 g/mol. The van der Waals surface area contributed by atoms with E-state index in [1.165, 1.54) is 11.8 Å². The van der Waals surface area contributed by atoms with Crippen LogP contribution in [0.25, 0.3) is 11.3 Å². The SMILES string of the molecule is C[C@@H](Sc1nc(-c2ccccc2)cs1)C(=O)NCc1ccco1. The molecule has 4 nitrogen and oxygen atoms in total. The van der Waals surface area contributed by atoms with Gasteiger partial charge in [0.2, 0.25) is 5.91 Å². The molecule has 0 aliphatic heterocycles. The molecule has 1 aromatic carbocycles. The summed E-state index contributed by atoms with van der Waals surface area (Å²) >= 11 is 3.03. The smallest absolute Gasteiger partial charge is 0.233 e. The number of thioether (sulfide) groups is 1. The average molecular weight is 344 g/mol. The highest BCUT2D eigenvalue weighted by Crippen LogP contribution is 2.30. The number of amides is 1. The van der Waals surface area contributed by atoms with Crippen LogP contribution in [0.2, 0.25) is 0 Å². The Morgan fingerprint density at radius 3 is 2.87 bits per heavy atom. The second-order valence-corrected chi connectivity index (χ2v) is 7.37. The lowest BCUT2D eigenvalue weighted by atomic mass is 10.2. The monoisotopic (exact) mass is 344 g/mol. The summed E-state index contributed by atoms with van der Waals surface area (Å²) in [6, 6.07) is 13.7. The Bertz CT molecular complexity index is 754. The van der Waals surface area contributed by atoms with Crippen molar-refractivity contribution in [2.24, 2.45) is 0 Å². The van der Waals surface area contributed by atoms with Crippen LogP contribution in [0.5, 0.6) is 0 Å². The van der Waals surface area contributed by atoms with Crippen molar-refractivity contribution >= 4 is 29.0 Å². The summed E-state index contributed by atoms with van der Waals surface area (Å²) in [6.45, 7) is 2.29. The van der Waals surface area contributed by atoms with Crippen molar-refractivity contribution in [1.29, 1.82) is 0 Å². The third-order valence-electron chi connectivity index (χ3n) is 3.22. The van der Waals surface area contributed by atoms with Crippen molar-refractivity contribution in [3.8, 4) is 11.3 Å². The van der Waals surface area contributed by atoms with Crippen molar-refractivity contribution < 1.29 is 9.21 Å². The van der Waals surface area contributed by atoms with Crippen LogP contribution in [0.15, 0.2) is 62.9 Å². The predicted molar refractivity (Wildman–Crippen MR) is 93.4 cm³/mol. The Kier molecular flexibility index (Phi) is 5.15. The van der Waals surface area contributed by atoms with E-state index < -0.39 is 0 Å². The standard InChI is InChI=1S/C17H16N2O2S2/c1-12(16(20)18-10-14-8-5-9-21-14)23-17-19-15(11-22-17)13-6-3-2-4-7-13/h2-9,11-12H,10H2,1H3,(H,18,20)/t12-/m1/s1. The van der Waals surface area contributed by atoms with Crippen LogP contribution in [0, 0.1) is 0 Å². The van der Waals surface area contributed by atoms with Crippen LogP contribution in [0.4, 0.5) is 0 Å². The van der Waals surface area contributed by atoms with Gasteiger partial charge in [-0.15, -0.1) is 11.3 Å². The highest BCUT2D eigenvalue weighted by molar-refractivity contribution is 8.02. The Labute approximate surface area is 142 Å². The maximum Gasteiger partial charge on any atom is 0.233 e. The molecule has 0 fully saturated rings. The minimum Gasteiger partial charge on any atom is -0.467 e. The van der Waals surface area contributed by atoms with Gasteiger partial charge < -0.3 is 9.73 Å². The van der Waals surface area contributed by atoms with Crippen molar-refractivity contribution in [3.05, 3.63) is 59.9 Å². The van der Waals surface area contributed by atoms with Gasteiger partial charge in [0, 0.05) is 10.9 Å². The summed E-state index contributed by atoms with van der Waals surface area (Å²) < 4.78 is 6.10. The predicted octanol–water partition coefficient (Wildman–Crippen LogP) is 4.20. The highest BCUT2D eigenvalue weighted by atomic mass is 32.2. The minimum atomic E-state index is -0.209. The van der Waals surface area contributed by atoms with Gasteiger partial charge in [-0.2, -0.15) is 0 Å². The summed E-state index contributed by atoms with van der Waals surface area (Å²) in [4.78, 5) is 16.7. The van der Waals surface area contributed by atoms with E-state index in [0.717, 1.165) is 21.4 Å². The lowest BCUT2D eigenvalue weighted by Crippen LogP contribution is -2.30. The first kappa shape index (κ1) is 15.8. The number of furan rings is 1. The van der Waals surface area contributed by atoms with E-state index in [0.29, 0.717) is 6.54 Å². The van der Waals surface area contributed by atoms with E-state index in [2.05, 4.69) is 10.3 Å². The van der Waals surface area contributed by atoms with E-state index in [9.17, 15) is 4.79 Å². The molecule has 0 aliphatic carbocycles. The molecule has 3 aromatic rings. The van der Waals surface area contributed by atoms with Gasteiger partial charge >= 0.3 is 0 Å². The van der Waals surface area contributed by atoms with Crippen LogP contribution in [-0.2, 0) is 11.3 Å². The quantitative estimate of drug-likeness (QED) is 0.681. The lowest BCUT2D eigenvalue weighted by molar-refractivity contribution is -0.120. The van der Waals surface area contributed by atoms with E-state index in [1.807, 2.05) is 48.7 Å². The molecule has 0 spiro atoms. The number of carbonyl (C=O) groups excluding carboxylic acids is 1. The fourth-order valence-electron chi connectivity index (χ4n) is 1.99. The Hall–Kier alpha value is -2.05. The molecule has 0 radical (unpaired) electrons. The summed E-state index contributed by atoms with van der Waals surface area (Å²) in [6.07, 6.45) is 1.60. The number of nitrogens with zero attached hydrogens (tertiary/aromatic N) is 1. The maximum atomic E-state index is 12.1. The molecule has 2 aromatic heterocycles. The molecule has 0 saturated carbocycles. The highest BCUT2D eigenvalue weighted by Gasteiger charge is 2.16. The number of benzene rings is 1. The maximum absolute atomic E-state index is 12.1. The summed E-state index contributed by atoms with van der Waals surface area (Å²) in [5, 5.41) is 4.68. The van der Waals surface area contributed by atoms with Crippen LogP contribution >= 0.6 is 23.1 Å². The fraction of sp³-hybridized carbons (Fsp3) is 0.176. The van der Waals surface area contributed by atoms with Gasteiger partial charge in [-0.05, 0) is 19.1 Å². The molecule has 2 heterocycles. The number of hydrogen-bond acceptors (Lipinski definition) is 5. The number of aromatic nitrogens is 1. The first-order valence-corrected chi connectivity index (χ1v) is 8.96. The number of nitrogens with one attached hydrogen (secondary N) is 1. The normalized spacial score (nSPS) is 12.0. The van der Waals surface area contributed by atoms with Crippen molar-refractivity contribution in [2.75, 3.05) is 0 Å². The van der Waals surface area contributed by atoms with E-state index in [4.69, 9.17) is 4.42 Å². The minimum absolute atomic E-state index is 0.0251. The summed E-state index contributed by atoms with van der Waals surface area (Å²) in [5.74, 6) is 0.721. The third-order valence-corrected chi connectivity index (χ3v) is 5.29. The van der Waals surface area contributed by atoms with Gasteiger partial charge in [0.1, 0.15) is 5.76 Å². The third kappa shape index (κ3) is 4.24. The molecule has 1 amide bonds. The van der Waals surface area contributed by atoms with Gasteiger partial charge in [0.25, 0.3) is 0 Å². The second-order valence-electron chi connectivity index (χ2n) is 4.92. The topological polar surface area (TPSA) is 55.1 Å². The summed E-state index contributed by atoms with van der Waals surface area (Å²) in [5.41, 5.74) is 2.03. The Morgan fingerprint density at radius 1 is 1.30 bits per heavy atom. The van der Waals surface area contributed by atoms with Crippen molar-refractivity contribution in [3.63, 3.8) is 0 Å². The molecule has 23 heavy (non-hydrogen) atoms. The van der Waals surface area contributed by atoms with Gasteiger partial charge in [0.15, 0.2) is 4.34 Å². The molecule has 0 unspecified atom stereocenters. The van der Waals surface area contributed by atoms with Crippen LogP contribution in [0.1, 0.15) is 12.7 Å². The largest absolute Gasteiger partial charge is 0.467 e. The molecule has 3 rings (SSSR count). The van der Waals surface area contributed by atoms with Crippen LogP contribution < -0.4 is 5.32 Å². The molecule has 118 valence electrons. The zero-order valence-electron chi connectivity index (χ0n) is 12.6. The summed E-state index contributed by atoms with van der Waals surface area (Å²) in [7, 11) is 0. The molecule has 0 bridgehead atoms. The van der Waals surface area contributed by atoms with Gasteiger partial charge in [0.05, 0.1) is 23.8 Å². The zero-order chi connectivity index (χ0) is 16.1.